The lowest BCUT2D eigenvalue weighted by atomic mass is 9.87. The van der Waals surface area contributed by atoms with Gasteiger partial charge >= 0.3 is 6.11 Å². The van der Waals surface area contributed by atoms with Crippen molar-refractivity contribution in [1.29, 1.82) is 0 Å². The normalized spacial score (nSPS) is 20.9. The molecule has 0 saturated heterocycles. The highest BCUT2D eigenvalue weighted by Crippen LogP contribution is 2.43. The Balaban J connectivity index is 2.03. The fourth-order valence-electron chi connectivity index (χ4n) is 3.40. The van der Waals surface area contributed by atoms with E-state index in [4.69, 9.17) is 34.7 Å². The summed E-state index contributed by atoms with van der Waals surface area (Å²) in [6.45, 7) is 0. The number of ether oxygens (including phenoxy) is 1. The molecule has 1 aliphatic carbocycles. The molecule has 1 unspecified atom stereocenters. The monoisotopic (exact) mass is 423 g/mol. The average Bonchev–Trinajstić information content (AvgIpc) is 2.57. The molecule has 0 bridgehead atoms. The Morgan fingerprint density at radius 1 is 1.22 bits per heavy atom. The van der Waals surface area contributed by atoms with Crippen LogP contribution in [0.5, 0.6) is 5.75 Å². The van der Waals surface area contributed by atoms with Gasteiger partial charge in [0, 0.05) is 6.07 Å². The minimum atomic E-state index is -4.21. The summed E-state index contributed by atoms with van der Waals surface area (Å²) in [7, 11) is 0. The summed E-state index contributed by atoms with van der Waals surface area (Å²) in [4.78, 5) is 10.0. The largest absolute Gasteiger partial charge is 0.444 e. The first-order valence-corrected chi connectivity index (χ1v) is 9.10. The number of rotatable bonds is 4. The fourth-order valence-corrected chi connectivity index (χ4v) is 3.65. The van der Waals surface area contributed by atoms with Crippen LogP contribution in [-0.4, -0.2) is 29.3 Å². The Hall–Kier alpha value is -1.87. The number of guanidine groups is 2. The Morgan fingerprint density at radius 2 is 1.89 bits per heavy atom. The second kappa shape index (κ2) is 7.27. The van der Waals surface area contributed by atoms with E-state index in [-0.39, 0.29) is 28.4 Å². The zero-order valence-electron chi connectivity index (χ0n) is 14.1. The number of benzene rings is 1. The van der Waals surface area contributed by atoms with E-state index in [9.17, 15) is 13.2 Å². The lowest BCUT2D eigenvalue weighted by molar-refractivity contribution is -0.199. The van der Waals surface area contributed by atoms with Gasteiger partial charge in [-0.1, -0.05) is 29.6 Å². The number of aliphatic imine (C=N–C) groups is 2. The summed E-state index contributed by atoms with van der Waals surface area (Å²) in [5.74, 6) is -0.247. The Bertz CT molecular complexity index is 781. The zero-order valence-corrected chi connectivity index (χ0v) is 15.7. The summed E-state index contributed by atoms with van der Waals surface area (Å²) >= 11 is 11.1. The fraction of sp³-hybridized carbons (Fsp3) is 0.500. The van der Waals surface area contributed by atoms with Crippen LogP contribution in [0.25, 0.3) is 0 Å². The Morgan fingerprint density at radius 3 is 2.52 bits per heavy atom. The molecule has 1 heterocycles. The summed E-state index contributed by atoms with van der Waals surface area (Å²) in [5, 5.41) is 0.215. The van der Waals surface area contributed by atoms with Crippen LogP contribution in [0.4, 0.5) is 18.9 Å². The van der Waals surface area contributed by atoms with Crippen molar-refractivity contribution in [3.05, 3.63) is 23.2 Å². The molecule has 27 heavy (non-hydrogen) atoms. The molecule has 11 heteroatoms. The van der Waals surface area contributed by atoms with E-state index >= 15 is 0 Å². The van der Waals surface area contributed by atoms with Crippen LogP contribution in [0.1, 0.15) is 32.1 Å². The van der Waals surface area contributed by atoms with Gasteiger partial charge in [0.05, 0.1) is 10.7 Å². The minimum absolute atomic E-state index is 0.0379. The third-order valence-corrected chi connectivity index (χ3v) is 5.09. The summed E-state index contributed by atoms with van der Waals surface area (Å²) in [5.41, 5.74) is 8.33. The molecule has 4 N–H and O–H groups in total. The van der Waals surface area contributed by atoms with Gasteiger partial charge in [-0.05, 0) is 37.8 Å². The predicted octanol–water partition coefficient (Wildman–Crippen LogP) is 3.96. The molecule has 1 spiro atoms. The first kappa shape index (κ1) is 19.9. The van der Waals surface area contributed by atoms with Crippen molar-refractivity contribution in [3.8, 4) is 5.75 Å². The van der Waals surface area contributed by atoms with E-state index < -0.39 is 17.4 Å². The van der Waals surface area contributed by atoms with Crippen LogP contribution in [0.2, 0.25) is 5.02 Å². The highest BCUT2D eigenvalue weighted by Gasteiger charge is 2.45. The van der Waals surface area contributed by atoms with Gasteiger partial charge in [0.25, 0.3) is 5.63 Å². The van der Waals surface area contributed by atoms with E-state index in [1.807, 2.05) is 0 Å². The average molecular weight is 424 g/mol. The van der Waals surface area contributed by atoms with Gasteiger partial charge in [-0.3, -0.25) is 4.90 Å². The van der Waals surface area contributed by atoms with Crippen LogP contribution in [-0.2, 0) is 0 Å². The highest BCUT2D eigenvalue weighted by molar-refractivity contribution is 6.34. The van der Waals surface area contributed by atoms with Gasteiger partial charge in [-0.2, -0.15) is 13.8 Å². The van der Waals surface area contributed by atoms with Crippen LogP contribution in [0.15, 0.2) is 28.2 Å². The van der Waals surface area contributed by atoms with Crippen molar-refractivity contribution in [2.75, 3.05) is 4.90 Å². The quantitative estimate of drug-likeness (QED) is 0.717. The van der Waals surface area contributed by atoms with E-state index in [0.29, 0.717) is 12.8 Å². The second-order valence-electron chi connectivity index (χ2n) is 6.40. The molecule has 2 aliphatic rings. The topological polar surface area (TPSA) is 89.2 Å². The Labute approximate surface area is 164 Å². The summed E-state index contributed by atoms with van der Waals surface area (Å²) in [6.07, 6.45) is -0.159. The van der Waals surface area contributed by atoms with Gasteiger partial charge in [-0.15, -0.1) is 0 Å². The maximum Gasteiger partial charge on any atom is 0.444 e. The number of anilines is 1. The van der Waals surface area contributed by atoms with Crippen LogP contribution < -0.4 is 21.1 Å². The van der Waals surface area contributed by atoms with Gasteiger partial charge < -0.3 is 16.2 Å². The maximum absolute atomic E-state index is 13.5. The van der Waals surface area contributed by atoms with Crippen molar-refractivity contribution >= 4 is 40.8 Å². The number of alkyl halides is 4. The predicted molar refractivity (Wildman–Crippen MR) is 99.3 cm³/mol. The van der Waals surface area contributed by atoms with Gasteiger partial charge in [-0.25, -0.2) is 9.38 Å². The molecular weight excluding hydrogens is 406 g/mol. The SMILES string of the molecule is NC1=NC2(CCCCC2)N(c2cc(OC(F)(F)C(F)Cl)ccc2Cl)C(N)=N1. The molecule has 0 radical (unpaired) electrons. The molecule has 148 valence electrons. The van der Waals surface area contributed by atoms with Crippen molar-refractivity contribution in [1.82, 2.24) is 0 Å². The summed E-state index contributed by atoms with van der Waals surface area (Å²) in [6, 6.07) is 3.75. The first-order chi connectivity index (χ1) is 12.6. The molecule has 1 aromatic carbocycles. The molecular formula is C16H18Cl2F3N5O. The van der Waals surface area contributed by atoms with Crippen molar-refractivity contribution in [3.63, 3.8) is 0 Å². The molecule has 0 aromatic heterocycles. The number of hydrogen-bond donors (Lipinski definition) is 2. The van der Waals surface area contributed by atoms with Crippen molar-refractivity contribution in [2.24, 2.45) is 21.5 Å². The third kappa shape index (κ3) is 3.89. The standard InChI is InChI=1S/C16H18Cl2F3N5O/c17-10-5-4-9(27-16(20,21)12(18)19)8-11(10)26-14(23)24-13(22)25-15(26)6-2-1-3-7-15/h4-5,8,12H,1-3,6-7H2,(H4,22,23,24,25). The minimum Gasteiger partial charge on any atom is -0.429 e. The third-order valence-electron chi connectivity index (χ3n) is 4.52. The molecule has 1 aromatic rings. The molecule has 1 fully saturated rings. The number of halogens is 5. The summed E-state index contributed by atoms with van der Waals surface area (Å²) < 4.78 is 44.3. The van der Waals surface area contributed by atoms with E-state index in [2.05, 4.69) is 14.7 Å². The van der Waals surface area contributed by atoms with Crippen LogP contribution >= 0.6 is 23.2 Å². The van der Waals surface area contributed by atoms with Crippen molar-refractivity contribution in [2.45, 2.75) is 49.5 Å². The first-order valence-electron chi connectivity index (χ1n) is 8.29. The van der Waals surface area contributed by atoms with Gasteiger partial charge in [0.1, 0.15) is 11.4 Å². The number of nitrogens with zero attached hydrogens (tertiary/aromatic N) is 3. The van der Waals surface area contributed by atoms with Gasteiger partial charge in [0.2, 0.25) is 11.9 Å². The Kier molecular flexibility index (Phi) is 5.36. The molecule has 1 atom stereocenters. The highest BCUT2D eigenvalue weighted by atomic mass is 35.5. The zero-order chi connectivity index (χ0) is 19.8. The molecule has 1 saturated carbocycles. The van der Waals surface area contributed by atoms with Crippen LogP contribution in [0, 0.1) is 0 Å². The van der Waals surface area contributed by atoms with Crippen LogP contribution in [0.3, 0.4) is 0 Å². The lowest BCUT2D eigenvalue weighted by Crippen LogP contribution is -2.58. The van der Waals surface area contributed by atoms with Gasteiger partial charge in [0.15, 0.2) is 0 Å². The van der Waals surface area contributed by atoms with E-state index in [0.717, 1.165) is 19.3 Å². The second-order valence-corrected chi connectivity index (χ2v) is 7.19. The van der Waals surface area contributed by atoms with E-state index in [1.54, 1.807) is 4.90 Å². The molecule has 1 aliphatic heterocycles. The lowest BCUT2D eigenvalue weighted by Gasteiger charge is -2.45. The van der Waals surface area contributed by atoms with E-state index in [1.165, 1.54) is 18.2 Å². The maximum atomic E-state index is 13.5. The van der Waals surface area contributed by atoms with Crippen molar-refractivity contribution < 1.29 is 17.9 Å². The number of nitrogens with two attached hydrogens (primary N) is 2. The smallest absolute Gasteiger partial charge is 0.429 e. The number of hydrogen-bond acceptors (Lipinski definition) is 6. The molecule has 3 rings (SSSR count). The molecule has 6 nitrogen and oxygen atoms in total. The molecule has 0 amide bonds.